The normalized spacial score (nSPS) is 16.6. The predicted molar refractivity (Wildman–Crippen MR) is 71.4 cm³/mol. The molecule has 0 aromatic heterocycles. The summed E-state index contributed by atoms with van der Waals surface area (Å²) in [5.41, 5.74) is 0.000965. The van der Waals surface area contributed by atoms with Crippen molar-refractivity contribution < 1.29 is 19.4 Å². The second-order valence-electron chi connectivity index (χ2n) is 4.72. The van der Waals surface area contributed by atoms with Crippen LogP contribution in [-0.2, 0) is 9.53 Å². The van der Waals surface area contributed by atoms with Gasteiger partial charge in [-0.25, -0.2) is 0 Å². The fourth-order valence-corrected chi connectivity index (χ4v) is 2.04. The maximum absolute atomic E-state index is 12.3. The Bertz CT molecular complexity index is 434. The summed E-state index contributed by atoms with van der Waals surface area (Å²) in [6.07, 6.45) is 0. The number of ether oxygens (including phenoxy) is 2. The van der Waals surface area contributed by atoms with Crippen molar-refractivity contribution in [3.05, 3.63) is 24.3 Å². The molecule has 0 unspecified atom stereocenters. The lowest BCUT2D eigenvalue weighted by molar-refractivity contribution is -0.166. The molecule has 5 nitrogen and oxygen atoms in total. The Balaban J connectivity index is 2.10. The van der Waals surface area contributed by atoms with Gasteiger partial charge in [-0.2, -0.15) is 0 Å². The Labute approximate surface area is 112 Å². The number of carbonyl (C=O) groups excluding carboxylic acids is 1. The number of carbonyl (C=O) groups is 1. The van der Waals surface area contributed by atoms with E-state index in [1.165, 1.54) is 0 Å². The third-order valence-electron chi connectivity index (χ3n) is 3.35. The van der Waals surface area contributed by atoms with Crippen LogP contribution in [0.15, 0.2) is 24.3 Å². The number of anilines is 1. The van der Waals surface area contributed by atoms with Gasteiger partial charge in [-0.05, 0) is 31.2 Å². The van der Waals surface area contributed by atoms with Crippen molar-refractivity contribution in [1.82, 2.24) is 0 Å². The van der Waals surface area contributed by atoms with Gasteiger partial charge in [0.2, 0.25) is 5.91 Å². The number of aliphatic hydroxyl groups excluding tert-OH is 1. The fourth-order valence-electron chi connectivity index (χ4n) is 2.04. The van der Waals surface area contributed by atoms with Gasteiger partial charge in [0.1, 0.15) is 11.2 Å². The number of benzene rings is 1. The monoisotopic (exact) mass is 265 g/mol. The summed E-state index contributed by atoms with van der Waals surface area (Å²) < 4.78 is 10.4. The SMILES string of the molecule is CCOc1ccc(N(C)C(=O)C2(CO)COC2)cc1. The number of aliphatic hydroxyl groups is 1. The minimum absolute atomic E-state index is 0.120. The summed E-state index contributed by atoms with van der Waals surface area (Å²) in [6.45, 7) is 2.91. The van der Waals surface area contributed by atoms with Gasteiger partial charge < -0.3 is 19.5 Å². The first-order valence-corrected chi connectivity index (χ1v) is 6.32. The van der Waals surface area contributed by atoms with E-state index in [-0.39, 0.29) is 25.7 Å². The van der Waals surface area contributed by atoms with E-state index >= 15 is 0 Å². The molecule has 0 atom stereocenters. The van der Waals surface area contributed by atoms with Crippen LogP contribution in [0.3, 0.4) is 0 Å². The summed E-state index contributed by atoms with van der Waals surface area (Å²) in [4.78, 5) is 13.9. The van der Waals surface area contributed by atoms with Crippen molar-refractivity contribution >= 4 is 11.6 Å². The quantitative estimate of drug-likeness (QED) is 0.864. The lowest BCUT2D eigenvalue weighted by atomic mass is 9.85. The van der Waals surface area contributed by atoms with Crippen molar-refractivity contribution in [3.8, 4) is 5.75 Å². The summed E-state index contributed by atoms with van der Waals surface area (Å²) in [5.74, 6) is 0.654. The van der Waals surface area contributed by atoms with E-state index in [9.17, 15) is 9.90 Å². The molecule has 1 fully saturated rings. The molecule has 0 spiro atoms. The Morgan fingerprint density at radius 2 is 2.05 bits per heavy atom. The molecule has 104 valence electrons. The van der Waals surface area contributed by atoms with E-state index in [2.05, 4.69) is 0 Å². The lowest BCUT2D eigenvalue weighted by Gasteiger charge is -2.40. The summed E-state index contributed by atoms with van der Waals surface area (Å²) in [7, 11) is 1.70. The Hall–Kier alpha value is -1.59. The highest BCUT2D eigenvalue weighted by molar-refractivity contribution is 5.98. The maximum Gasteiger partial charge on any atom is 0.239 e. The van der Waals surface area contributed by atoms with Crippen LogP contribution in [0.5, 0.6) is 5.75 Å². The van der Waals surface area contributed by atoms with Crippen molar-refractivity contribution in [2.24, 2.45) is 5.41 Å². The van der Waals surface area contributed by atoms with Crippen molar-refractivity contribution in [1.29, 1.82) is 0 Å². The standard InChI is InChI=1S/C14H19NO4/c1-3-19-12-6-4-11(5-7-12)15(2)13(17)14(8-16)9-18-10-14/h4-7,16H,3,8-10H2,1-2H3. The van der Waals surface area contributed by atoms with Crippen molar-refractivity contribution in [3.63, 3.8) is 0 Å². The van der Waals surface area contributed by atoms with Crippen LogP contribution in [-0.4, -0.2) is 44.5 Å². The van der Waals surface area contributed by atoms with Gasteiger partial charge in [-0.1, -0.05) is 0 Å². The molecule has 1 aromatic rings. The molecular weight excluding hydrogens is 246 g/mol. The summed E-state index contributed by atoms with van der Waals surface area (Å²) in [6, 6.07) is 7.30. The summed E-state index contributed by atoms with van der Waals surface area (Å²) in [5, 5.41) is 9.37. The van der Waals surface area contributed by atoms with Gasteiger partial charge in [0.05, 0.1) is 26.4 Å². The molecule has 1 aliphatic rings. The maximum atomic E-state index is 12.3. The number of rotatable bonds is 5. The molecule has 1 aliphatic heterocycles. The Kier molecular flexibility index (Phi) is 4.07. The van der Waals surface area contributed by atoms with E-state index in [1.807, 2.05) is 31.2 Å². The van der Waals surface area contributed by atoms with Crippen LogP contribution in [0, 0.1) is 5.41 Å². The van der Waals surface area contributed by atoms with Gasteiger partial charge in [0.15, 0.2) is 0 Å². The molecule has 5 heteroatoms. The van der Waals surface area contributed by atoms with E-state index in [0.29, 0.717) is 6.61 Å². The number of nitrogens with zero attached hydrogens (tertiary/aromatic N) is 1. The average Bonchev–Trinajstić information content (AvgIpc) is 2.38. The summed E-state index contributed by atoms with van der Waals surface area (Å²) >= 11 is 0. The average molecular weight is 265 g/mol. The second-order valence-corrected chi connectivity index (χ2v) is 4.72. The first-order chi connectivity index (χ1) is 9.13. The third kappa shape index (κ3) is 2.57. The highest BCUT2D eigenvalue weighted by Crippen LogP contribution is 2.31. The zero-order valence-corrected chi connectivity index (χ0v) is 11.3. The molecular formula is C14H19NO4. The van der Waals surface area contributed by atoms with E-state index in [4.69, 9.17) is 9.47 Å². The predicted octanol–water partition coefficient (Wildman–Crippen LogP) is 1.06. The minimum Gasteiger partial charge on any atom is -0.494 e. The van der Waals surface area contributed by atoms with Crippen LogP contribution in [0.2, 0.25) is 0 Å². The van der Waals surface area contributed by atoms with Gasteiger partial charge in [0, 0.05) is 12.7 Å². The van der Waals surface area contributed by atoms with Crippen molar-refractivity contribution in [2.45, 2.75) is 6.92 Å². The van der Waals surface area contributed by atoms with Crippen LogP contribution in [0.25, 0.3) is 0 Å². The molecule has 2 rings (SSSR count). The van der Waals surface area contributed by atoms with Crippen LogP contribution >= 0.6 is 0 Å². The Morgan fingerprint density at radius 1 is 1.42 bits per heavy atom. The first-order valence-electron chi connectivity index (χ1n) is 6.32. The number of hydrogen-bond acceptors (Lipinski definition) is 4. The molecule has 1 N–H and O–H groups in total. The van der Waals surface area contributed by atoms with Crippen molar-refractivity contribution in [2.75, 3.05) is 38.4 Å². The van der Waals surface area contributed by atoms with Crippen LogP contribution in [0.4, 0.5) is 5.69 Å². The number of hydrogen-bond donors (Lipinski definition) is 1. The van der Waals surface area contributed by atoms with E-state index < -0.39 is 5.41 Å². The smallest absolute Gasteiger partial charge is 0.239 e. The van der Waals surface area contributed by atoms with Crippen LogP contribution < -0.4 is 9.64 Å². The zero-order valence-electron chi connectivity index (χ0n) is 11.3. The van der Waals surface area contributed by atoms with Gasteiger partial charge in [-0.3, -0.25) is 4.79 Å². The topological polar surface area (TPSA) is 59.0 Å². The van der Waals surface area contributed by atoms with Gasteiger partial charge in [-0.15, -0.1) is 0 Å². The van der Waals surface area contributed by atoms with Gasteiger partial charge in [0.25, 0.3) is 0 Å². The van der Waals surface area contributed by atoms with E-state index in [0.717, 1.165) is 11.4 Å². The van der Waals surface area contributed by atoms with Gasteiger partial charge >= 0.3 is 0 Å². The molecule has 1 heterocycles. The highest BCUT2D eigenvalue weighted by Gasteiger charge is 2.47. The lowest BCUT2D eigenvalue weighted by Crippen LogP contribution is -2.56. The minimum atomic E-state index is -0.770. The largest absolute Gasteiger partial charge is 0.494 e. The molecule has 1 saturated heterocycles. The van der Waals surface area contributed by atoms with Crippen LogP contribution in [0.1, 0.15) is 6.92 Å². The zero-order chi connectivity index (χ0) is 13.9. The molecule has 0 saturated carbocycles. The Morgan fingerprint density at radius 3 is 2.47 bits per heavy atom. The molecule has 1 aromatic carbocycles. The second kappa shape index (κ2) is 5.59. The fraction of sp³-hybridized carbons (Fsp3) is 0.500. The molecule has 0 radical (unpaired) electrons. The highest BCUT2D eigenvalue weighted by atomic mass is 16.5. The number of amides is 1. The molecule has 0 aliphatic carbocycles. The third-order valence-corrected chi connectivity index (χ3v) is 3.35. The molecule has 19 heavy (non-hydrogen) atoms. The van der Waals surface area contributed by atoms with E-state index in [1.54, 1.807) is 11.9 Å². The molecule has 0 bridgehead atoms. The first kappa shape index (κ1) is 13.8. The molecule has 1 amide bonds.